The minimum Gasteiger partial charge on any atom is -0.457 e. The molecular weight excluding hydrogens is 456 g/mol. The van der Waals surface area contributed by atoms with Gasteiger partial charge in [-0.2, -0.15) is 0 Å². The van der Waals surface area contributed by atoms with Crippen LogP contribution < -0.4 is 16.2 Å². The smallest absolute Gasteiger partial charge is 0.335 e. The molecule has 4 aromatic rings. The lowest BCUT2D eigenvalue weighted by molar-refractivity contribution is -0.124. The number of imidazole rings is 1. The molecule has 1 fully saturated rings. The number of ether oxygens (including phenoxy) is 1. The number of carbonyl (C=O) groups is 1. The van der Waals surface area contributed by atoms with Crippen LogP contribution in [0.2, 0.25) is 0 Å². The van der Waals surface area contributed by atoms with E-state index in [1.165, 1.54) is 16.5 Å². The van der Waals surface area contributed by atoms with Crippen molar-refractivity contribution in [2.75, 3.05) is 18.8 Å². The molecule has 2 aromatic carbocycles. The van der Waals surface area contributed by atoms with Gasteiger partial charge in [-0.15, -0.1) is 0 Å². The number of nitrogens with two attached hydrogens (primary N) is 1. The molecule has 3 heterocycles. The van der Waals surface area contributed by atoms with Gasteiger partial charge in [-0.3, -0.25) is 13.9 Å². The minimum absolute atomic E-state index is 0.203. The zero-order chi connectivity index (χ0) is 25.4. The van der Waals surface area contributed by atoms with Crippen LogP contribution in [-0.2, 0) is 4.79 Å². The van der Waals surface area contributed by atoms with Gasteiger partial charge < -0.3 is 15.4 Å². The maximum absolute atomic E-state index is 13.7. The van der Waals surface area contributed by atoms with Crippen molar-refractivity contribution in [2.24, 2.45) is 0 Å². The van der Waals surface area contributed by atoms with E-state index in [1.807, 2.05) is 25.1 Å². The van der Waals surface area contributed by atoms with Crippen LogP contribution in [0.5, 0.6) is 11.5 Å². The van der Waals surface area contributed by atoms with Crippen LogP contribution in [0.25, 0.3) is 16.9 Å². The molecule has 182 valence electrons. The molecule has 1 atom stereocenters. The number of carbonyl (C=O) groups excluding carboxylic acids is 1. The molecule has 1 aliphatic heterocycles. The fourth-order valence-electron chi connectivity index (χ4n) is 4.54. The molecule has 1 aliphatic rings. The second kappa shape index (κ2) is 9.23. The van der Waals surface area contributed by atoms with E-state index in [4.69, 9.17) is 10.5 Å². The molecule has 0 bridgehead atoms. The molecule has 2 aromatic heterocycles. The van der Waals surface area contributed by atoms with E-state index in [2.05, 4.69) is 28.7 Å². The number of nitrogens with zero attached hydrogens (tertiary/aromatic N) is 5. The van der Waals surface area contributed by atoms with Gasteiger partial charge in [0.1, 0.15) is 23.3 Å². The Bertz CT molecular complexity index is 1590. The molecule has 2 N–H and O–H groups in total. The average molecular weight is 483 g/mol. The molecule has 0 saturated carbocycles. The monoisotopic (exact) mass is 482 g/mol. The standard InChI is InChI=1S/C27H26N6O3/c1-4-5-23(34)31-13-12-20(15-31)33-26-24(25(28)29-16-30-26)32(27(33)35)19-7-10-21(11-8-19)36-22-9-6-17(2)18(3)14-22/h6-11,14,16,20H,12-13,15H2,1-3H3,(H2,28,29,30)/t20-/m1/s1. The van der Waals surface area contributed by atoms with Gasteiger partial charge in [-0.1, -0.05) is 12.0 Å². The van der Waals surface area contributed by atoms with Gasteiger partial charge >= 0.3 is 5.69 Å². The highest BCUT2D eigenvalue weighted by Gasteiger charge is 2.31. The third-order valence-corrected chi connectivity index (χ3v) is 6.54. The summed E-state index contributed by atoms with van der Waals surface area (Å²) in [5.41, 5.74) is 9.75. The van der Waals surface area contributed by atoms with Crippen molar-refractivity contribution in [2.45, 2.75) is 33.2 Å². The lowest BCUT2D eigenvalue weighted by Crippen LogP contribution is -2.31. The number of nitrogen functional groups attached to an aromatic ring is 1. The predicted octanol–water partition coefficient (Wildman–Crippen LogP) is 3.37. The lowest BCUT2D eigenvalue weighted by Gasteiger charge is -2.14. The van der Waals surface area contributed by atoms with E-state index < -0.39 is 0 Å². The SMILES string of the molecule is CC#CC(=O)N1CC[C@@H](n2c(=O)n(-c3ccc(Oc4ccc(C)c(C)c4)cc3)c3c(N)ncnc32)C1. The van der Waals surface area contributed by atoms with E-state index in [0.717, 1.165) is 11.3 Å². The van der Waals surface area contributed by atoms with Crippen LogP contribution in [0.15, 0.2) is 53.6 Å². The maximum atomic E-state index is 13.7. The van der Waals surface area contributed by atoms with Crippen LogP contribution in [0.1, 0.15) is 30.5 Å². The lowest BCUT2D eigenvalue weighted by atomic mass is 10.1. The van der Waals surface area contributed by atoms with Gasteiger partial charge in [0.25, 0.3) is 5.91 Å². The molecule has 1 amide bonds. The molecule has 0 radical (unpaired) electrons. The Morgan fingerprint density at radius 1 is 1.08 bits per heavy atom. The molecule has 36 heavy (non-hydrogen) atoms. The molecule has 9 heteroatoms. The summed E-state index contributed by atoms with van der Waals surface area (Å²) in [5, 5.41) is 0. The van der Waals surface area contributed by atoms with Crippen LogP contribution >= 0.6 is 0 Å². The van der Waals surface area contributed by atoms with E-state index in [1.54, 1.807) is 40.7 Å². The summed E-state index contributed by atoms with van der Waals surface area (Å²) in [4.78, 5) is 36.1. The number of hydrogen-bond donors (Lipinski definition) is 1. The largest absolute Gasteiger partial charge is 0.457 e. The summed E-state index contributed by atoms with van der Waals surface area (Å²) in [5.74, 6) is 6.55. The normalized spacial score (nSPS) is 15.1. The highest BCUT2D eigenvalue weighted by Crippen LogP contribution is 2.29. The topological polar surface area (TPSA) is 108 Å². The summed E-state index contributed by atoms with van der Waals surface area (Å²) in [7, 11) is 0. The van der Waals surface area contributed by atoms with Crippen molar-refractivity contribution < 1.29 is 9.53 Å². The van der Waals surface area contributed by atoms with E-state index in [0.29, 0.717) is 42.1 Å². The van der Waals surface area contributed by atoms with Gasteiger partial charge in [0, 0.05) is 13.1 Å². The molecule has 1 saturated heterocycles. The Morgan fingerprint density at radius 2 is 1.83 bits per heavy atom. The minimum atomic E-state index is -0.291. The highest BCUT2D eigenvalue weighted by molar-refractivity contribution is 5.93. The molecule has 0 unspecified atom stereocenters. The van der Waals surface area contributed by atoms with E-state index in [9.17, 15) is 9.59 Å². The second-order valence-corrected chi connectivity index (χ2v) is 8.83. The number of aromatic nitrogens is 4. The van der Waals surface area contributed by atoms with Crippen LogP contribution in [0, 0.1) is 25.7 Å². The van der Waals surface area contributed by atoms with Gasteiger partial charge in [0.15, 0.2) is 11.5 Å². The zero-order valence-corrected chi connectivity index (χ0v) is 20.4. The highest BCUT2D eigenvalue weighted by atomic mass is 16.5. The van der Waals surface area contributed by atoms with Crippen molar-refractivity contribution in [3.8, 4) is 29.0 Å². The number of fused-ring (bicyclic) bond motifs is 1. The Labute approximate surface area is 208 Å². The number of rotatable bonds is 4. The molecular formula is C27H26N6O3. The molecule has 0 aliphatic carbocycles. The zero-order valence-electron chi connectivity index (χ0n) is 20.4. The van der Waals surface area contributed by atoms with E-state index in [-0.39, 0.29) is 23.5 Å². The van der Waals surface area contributed by atoms with Crippen molar-refractivity contribution >= 4 is 22.9 Å². The van der Waals surface area contributed by atoms with Crippen LogP contribution in [0.4, 0.5) is 5.82 Å². The van der Waals surface area contributed by atoms with Crippen LogP contribution in [0.3, 0.4) is 0 Å². The molecule has 9 nitrogen and oxygen atoms in total. The number of amides is 1. The number of hydrogen-bond acceptors (Lipinski definition) is 6. The Hall–Kier alpha value is -4.58. The van der Waals surface area contributed by atoms with Crippen molar-refractivity contribution in [3.05, 3.63) is 70.4 Å². The van der Waals surface area contributed by atoms with Gasteiger partial charge in [-0.05, 0) is 80.6 Å². The maximum Gasteiger partial charge on any atom is 0.335 e. The summed E-state index contributed by atoms with van der Waals surface area (Å²) >= 11 is 0. The fraction of sp³-hybridized carbons (Fsp3) is 0.259. The third-order valence-electron chi connectivity index (χ3n) is 6.54. The summed E-state index contributed by atoms with van der Waals surface area (Å²) in [6, 6.07) is 12.9. The third kappa shape index (κ3) is 4.07. The number of benzene rings is 2. The van der Waals surface area contributed by atoms with Gasteiger partial charge in [-0.25, -0.2) is 14.8 Å². The summed E-state index contributed by atoms with van der Waals surface area (Å²) in [6.45, 7) is 6.61. The summed E-state index contributed by atoms with van der Waals surface area (Å²) in [6.07, 6.45) is 1.96. The van der Waals surface area contributed by atoms with Crippen molar-refractivity contribution in [1.82, 2.24) is 24.0 Å². The van der Waals surface area contributed by atoms with Gasteiger partial charge in [0.05, 0.1) is 11.7 Å². The predicted molar refractivity (Wildman–Crippen MR) is 137 cm³/mol. The first-order valence-corrected chi connectivity index (χ1v) is 11.7. The first-order valence-electron chi connectivity index (χ1n) is 11.7. The van der Waals surface area contributed by atoms with Crippen molar-refractivity contribution in [3.63, 3.8) is 0 Å². The summed E-state index contributed by atoms with van der Waals surface area (Å²) < 4.78 is 9.12. The Kier molecular flexibility index (Phi) is 5.94. The Balaban J connectivity index is 1.51. The average Bonchev–Trinajstić information content (AvgIpc) is 3.45. The fourth-order valence-corrected chi connectivity index (χ4v) is 4.54. The first-order chi connectivity index (χ1) is 17.4. The number of anilines is 1. The van der Waals surface area contributed by atoms with E-state index >= 15 is 0 Å². The molecule has 0 spiro atoms. The van der Waals surface area contributed by atoms with Crippen molar-refractivity contribution in [1.29, 1.82) is 0 Å². The number of aryl methyl sites for hydroxylation is 2. The Morgan fingerprint density at radius 3 is 2.56 bits per heavy atom. The number of likely N-dealkylation sites (tertiary alicyclic amines) is 1. The first kappa shape index (κ1) is 23.2. The molecule has 5 rings (SSSR count). The van der Waals surface area contributed by atoms with Gasteiger partial charge in [0.2, 0.25) is 0 Å². The second-order valence-electron chi connectivity index (χ2n) is 8.83. The van der Waals surface area contributed by atoms with Crippen LogP contribution in [-0.4, -0.2) is 43.0 Å². The quantitative estimate of drug-likeness (QED) is 0.447.